The molecule has 0 unspecified atom stereocenters. The SMILES string of the molecule is c1ccc(-c2nc(-c3ccccc3)nc(-c3cccc(-c4ccc5c(c4)C4(c6ccccc6C5(c5ccccc5)c5ccccc5)C5CC6CC(C5)CC4C6)c3)n2)cc1. The van der Waals surface area contributed by atoms with E-state index in [1.54, 1.807) is 11.1 Å². The van der Waals surface area contributed by atoms with E-state index in [4.69, 9.17) is 15.0 Å². The van der Waals surface area contributed by atoms with Crippen molar-refractivity contribution in [1.29, 1.82) is 0 Å². The van der Waals surface area contributed by atoms with E-state index in [0.717, 1.165) is 28.5 Å². The Morgan fingerprint density at radius 2 is 0.746 bits per heavy atom. The van der Waals surface area contributed by atoms with Crippen molar-refractivity contribution in [3.63, 3.8) is 0 Å². The summed E-state index contributed by atoms with van der Waals surface area (Å²) in [5.41, 5.74) is 13.5. The standard InChI is InChI=1S/C56H45N3/c1-5-16-39(17-6-1)52-57-53(40-18-7-2-8-19-40)59-54(58-52)43-21-15-20-41(35-43)42-28-29-50-51(36-42)56(46-31-37-30-38(33-46)34-47(56)32-37)49-27-14-13-26-48(49)55(50,44-22-9-3-10-23-44)45-24-11-4-12-25-45/h1-29,35-38,46-47H,30-34H2. The van der Waals surface area contributed by atoms with Crippen molar-refractivity contribution < 1.29 is 0 Å². The number of hydrogen-bond acceptors (Lipinski definition) is 3. The summed E-state index contributed by atoms with van der Waals surface area (Å²) in [6, 6.07) is 69.2. The van der Waals surface area contributed by atoms with Gasteiger partial charge in [-0.15, -0.1) is 0 Å². The van der Waals surface area contributed by atoms with Gasteiger partial charge in [0.25, 0.3) is 0 Å². The third-order valence-electron chi connectivity index (χ3n) is 14.6. The molecule has 0 saturated heterocycles. The van der Waals surface area contributed by atoms with E-state index in [-0.39, 0.29) is 5.41 Å². The molecule has 1 spiro atoms. The molecule has 5 aliphatic carbocycles. The van der Waals surface area contributed by atoms with Gasteiger partial charge in [-0.2, -0.15) is 0 Å². The number of benzene rings is 7. The summed E-state index contributed by atoms with van der Waals surface area (Å²) in [5, 5.41) is 0. The van der Waals surface area contributed by atoms with Crippen LogP contribution in [0.1, 0.15) is 65.5 Å². The highest BCUT2D eigenvalue weighted by atomic mass is 15.0. The van der Waals surface area contributed by atoms with Crippen LogP contribution >= 0.6 is 0 Å². The van der Waals surface area contributed by atoms with Gasteiger partial charge in [-0.05, 0) is 112 Å². The van der Waals surface area contributed by atoms with Crippen LogP contribution < -0.4 is 0 Å². The maximum atomic E-state index is 5.11. The van der Waals surface area contributed by atoms with E-state index in [1.807, 2.05) is 36.4 Å². The lowest BCUT2D eigenvalue weighted by atomic mass is 9.38. The van der Waals surface area contributed by atoms with Gasteiger partial charge in [0, 0.05) is 22.1 Å². The molecule has 4 fully saturated rings. The molecule has 0 atom stereocenters. The van der Waals surface area contributed by atoms with E-state index in [9.17, 15) is 0 Å². The lowest BCUT2D eigenvalue weighted by Crippen LogP contribution is -2.59. The number of aromatic nitrogens is 3. The normalized spacial score (nSPS) is 23.1. The first kappa shape index (κ1) is 34.6. The fourth-order valence-corrected chi connectivity index (χ4v) is 12.6. The lowest BCUT2D eigenvalue weighted by molar-refractivity contribution is -0.0440. The molecule has 0 amide bonds. The molecule has 3 heteroatoms. The average Bonchev–Trinajstić information content (AvgIpc) is 3.31. The first-order chi connectivity index (χ1) is 29.2. The summed E-state index contributed by atoms with van der Waals surface area (Å²) < 4.78 is 0. The molecule has 4 saturated carbocycles. The molecule has 1 heterocycles. The van der Waals surface area contributed by atoms with Crippen molar-refractivity contribution in [2.24, 2.45) is 23.7 Å². The molecule has 4 bridgehead atoms. The van der Waals surface area contributed by atoms with Gasteiger partial charge in [0.15, 0.2) is 17.5 Å². The molecule has 0 radical (unpaired) electrons. The number of fused-ring (bicyclic) bond motifs is 2. The Morgan fingerprint density at radius 1 is 0.322 bits per heavy atom. The Hall–Kier alpha value is -6.45. The van der Waals surface area contributed by atoms with E-state index >= 15 is 0 Å². The number of nitrogens with zero attached hydrogens (tertiary/aromatic N) is 3. The fraction of sp³-hybridized carbons (Fsp3) is 0.196. The second-order valence-electron chi connectivity index (χ2n) is 17.6. The quantitative estimate of drug-likeness (QED) is 0.169. The Balaban J connectivity index is 1.09. The van der Waals surface area contributed by atoms with Crippen molar-refractivity contribution in [2.45, 2.75) is 42.9 Å². The van der Waals surface area contributed by atoms with Crippen molar-refractivity contribution >= 4 is 0 Å². The van der Waals surface area contributed by atoms with E-state index in [2.05, 4.69) is 152 Å². The minimum absolute atomic E-state index is 0.0383. The average molecular weight is 760 g/mol. The highest BCUT2D eigenvalue weighted by molar-refractivity contribution is 5.77. The van der Waals surface area contributed by atoms with Crippen LogP contribution in [0.5, 0.6) is 0 Å². The first-order valence-corrected chi connectivity index (χ1v) is 21.5. The van der Waals surface area contributed by atoms with Crippen LogP contribution in [0.4, 0.5) is 0 Å². The molecule has 284 valence electrons. The van der Waals surface area contributed by atoms with Crippen LogP contribution in [-0.4, -0.2) is 15.0 Å². The Bertz CT molecular complexity index is 2710. The molecule has 5 aliphatic rings. The molecule has 8 aromatic rings. The lowest BCUT2D eigenvalue weighted by Gasteiger charge is -2.65. The summed E-state index contributed by atoms with van der Waals surface area (Å²) in [7, 11) is 0. The van der Waals surface area contributed by atoms with Crippen LogP contribution in [0.3, 0.4) is 0 Å². The van der Waals surface area contributed by atoms with Crippen LogP contribution in [0.15, 0.2) is 188 Å². The molecule has 13 rings (SSSR count). The first-order valence-electron chi connectivity index (χ1n) is 21.5. The topological polar surface area (TPSA) is 38.7 Å². The summed E-state index contributed by atoms with van der Waals surface area (Å²) in [4.78, 5) is 15.2. The van der Waals surface area contributed by atoms with E-state index < -0.39 is 5.41 Å². The molecule has 7 aromatic carbocycles. The zero-order chi connectivity index (χ0) is 39.0. The van der Waals surface area contributed by atoms with Crippen LogP contribution in [0.2, 0.25) is 0 Å². The number of hydrogen-bond donors (Lipinski definition) is 0. The summed E-state index contributed by atoms with van der Waals surface area (Å²) in [6.45, 7) is 0. The molecule has 59 heavy (non-hydrogen) atoms. The summed E-state index contributed by atoms with van der Waals surface area (Å²) in [5.74, 6) is 5.00. The maximum Gasteiger partial charge on any atom is 0.164 e. The van der Waals surface area contributed by atoms with Gasteiger partial charge in [-0.1, -0.05) is 176 Å². The highest BCUT2D eigenvalue weighted by Crippen LogP contribution is 2.70. The Labute approximate surface area is 346 Å². The minimum Gasteiger partial charge on any atom is -0.208 e. The van der Waals surface area contributed by atoms with Crippen molar-refractivity contribution in [3.8, 4) is 45.3 Å². The van der Waals surface area contributed by atoms with Crippen molar-refractivity contribution in [3.05, 3.63) is 221 Å². The second kappa shape index (κ2) is 13.6. The summed E-state index contributed by atoms with van der Waals surface area (Å²) >= 11 is 0. The third kappa shape index (κ3) is 5.23. The third-order valence-corrected chi connectivity index (χ3v) is 14.6. The Morgan fingerprint density at radius 3 is 1.31 bits per heavy atom. The van der Waals surface area contributed by atoms with Gasteiger partial charge in [0.05, 0.1) is 5.41 Å². The van der Waals surface area contributed by atoms with Gasteiger partial charge in [-0.25, -0.2) is 15.0 Å². The van der Waals surface area contributed by atoms with Crippen LogP contribution in [-0.2, 0) is 10.8 Å². The fourth-order valence-electron chi connectivity index (χ4n) is 12.6. The molecular formula is C56H45N3. The van der Waals surface area contributed by atoms with E-state index in [0.29, 0.717) is 29.3 Å². The number of rotatable bonds is 6. The zero-order valence-electron chi connectivity index (χ0n) is 33.1. The molecule has 0 aliphatic heterocycles. The van der Waals surface area contributed by atoms with E-state index in [1.165, 1.54) is 65.5 Å². The van der Waals surface area contributed by atoms with Crippen molar-refractivity contribution in [1.82, 2.24) is 15.0 Å². The maximum absolute atomic E-state index is 5.11. The van der Waals surface area contributed by atoms with Crippen molar-refractivity contribution in [2.75, 3.05) is 0 Å². The van der Waals surface area contributed by atoms with Gasteiger partial charge in [0.1, 0.15) is 0 Å². The summed E-state index contributed by atoms with van der Waals surface area (Å²) in [6.07, 6.45) is 6.75. The smallest absolute Gasteiger partial charge is 0.164 e. The predicted molar refractivity (Wildman–Crippen MR) is 238 cm³/mol. The zero-order valence-corrected chi connectivity index (χ0v) is 33.1. The molecular weight excluding hydrogens is 715 g/mol. The predicted octanol–water partition coefficient (Wildman–Crippen LogP) is 13.0. The Kier molecular flexibility index (Phi) is 7.95. The highest BCUT2D eigenvalue weighted by Gasteiger charge is 2.63. The minimum atomic E-state index is -0.457. The molecule has 0 N–H and O–H groups in total. The largest absolute Gasteiger partial charge is 0.208 e. The van der Waals surface area contributed by atoms with Gasteiger partial charge in [-0.3, -0.25) is 0 Å². The van der Waals surface area contributed by atoms with Crippen LogP contribution in [0, 0.1) is 23.7 Å². The molecule has 3 nitrogen and oxygen atoms in total. The second-order valence-corrected chi connectivity index (χ2v) is 17.6. The van der Waals surface area contributed by atoms with Gasteiger partial charge >= 0.3 is 0 Å². The van der Waals surface area contributed by atoms with Crippen LogP contribution in [0.25, 0.3) is 45.3 Å². The molecule has 1 aromatic heterocycles. The van der Waals surface area contributed by atoms with Gasteiger partial charge < -0.3 is 0 Å². The van der Waals surface area contributed by atoms with Gasteiger partial charge in [0.2, 0.25) is 0 Å². The monoisotopic (exact) mass is 759 g/mol.